The van der Waals surface area contributed by atoms with Gasteiger partial charge in [-0.05, 0) is 37.9 Å². The van der Waals surface area contributed by atoms with Crippen LogP contribution in [0.1, 0.15) is 26.2 Å². The number of hydrogen-bond donors (Lipinski definition) is 1. The Morgan fingerprint density at radius 1 is 1.30 bits per heavy atom. The van der Waals surface area contributed by atoms with Crippen molar-refractivity contribution in [3.05, 3.63) is 28.2 Å². The fraction of sp³-hybridized carbons (Fsp3) is 0.600. The quantitative estimate of drug-likeness (QED) is 0.773. The summed E-state index contributed by atoms with van der Waals surface area (Å²) >= 11 is 12.0. The molecule has 2 rings (SSSR count). The van der Waals surface area contributed by atoms with E-state index in [1.54, 1.807) is 18.2 Å². The molecule has 0 bridgehead atoms. The van der Waals surface area contributed by atoms with Gasteiger partial charge in [0.15, 0.2) is 0 Å². The Balaban J connectivity index is 1.74. The molecule has 2 atom stereocenters. The van der Waals surface area contributed by atoms with Gasteiger partial charge in [0.2, 0.25) is 0 Å². The highest BCUT2D eigenvalue weighted by Gasteiger charge is 2.25. The number of benzene rings is 1. The third-order valence-corrected chi connectivity index (χ3v) is 3.86. The van der Waals surface area contributed by atoms with E-state index in [1.807, 2.05) is 0 Å². The van der Waals surface area contributed by atoms with Gasteiger partial charge < -0.3 is 14.8 Å². The first-order valence-electron chi connectivity index (χ1n) is 7.13. The summed E-state index contributed by atoms with van der Waals surface area (Å²) in [5.41, 5.74) is 0. The molecule has 0 saturated carbocycles. The summed E-state index contributed by atoms with van der Waals surface area (Å²) in [7, 11) is 0. The number of ether oxygens (including phenoxy) is 2. The van der Waals surface area contributed by atoms with E-state index in [4.69, 9.17) is 32.7 Å². The third kappa shape index (κ3) is 4.81. The van der Waals surface area contributed by atoms with Crippen LogP contribution in [0.25, 0.3) is 0 Å². The molecule has 2 unspecified atom stereocenters. The molecular weight excluding hydrogens is 297 g/mol. The molecule has 1 heterocycles. The van der Waals surface area contributed by atoms with E-state index in [-0.39, 0.29) is 6.10 Å². The van der Waals surface area contributed by atoms with Crippen LogP contribution in [0, 0.1) is 0 Å². The molecule has 1 aromatic rings. The largest absolute Gasteiger partial charge is 0.489 e. The van der Waals surface area contributed by atoms with E-state index in [0.717, 1.165) is 32.4 Å². The average Bonchev–Trinajstić information content (AvgIpc) is 2.88. The predicted octanol–water partition coefficient (Wildman–Crippen LogP) is 3.92. The Bertz CT molecular complexity index is 428. The summed E-state index contributed by atoms with van der Waals surface area (Å²) in [6, 6.07) is 5.23. The van der Waals surface area contributed by atoms with E-state index >= 15 is 0 Å². The van der Waals surface area contributed by atoms with Crippen LogP contribution < -0.4 is 10.1 Å². The summed E-state index contributed by atoms with van der Waals surface area (Å²) < 4.78 is 11.6. The highest BCUT2D eigenvalue weighted by molar-refractivity contribution is 6.34. The zero-order chi connectivity index (χ0) is 14.4. The molecule has 1 saturated heterocycles. The second-order valence-electron chi connectivity index (χ2n) is 5.05. The van der Waals surface area contributed by atoms with Crippen molar-refractivity contribution in [2.24, 2.45) is 0 Å². The van der Waals surface area contributed by atoms with Crippen LogP contribution in [-0.4, -0.2) is 31.9 Å². The minimum Gasteiger partial charge on any atom is -0.489 e. The molecule has 5 heteroatoms. The molecule has 0 radical (unpaired) electrons. The first kappa shape index (κ1) is 15.9. The van der Waals surface area contributed by atoms with Gasteiger partial charge in [-0.15, -0.1) is 0 Å². The Kier molecular flexibility index (Phi) is 6.43. The summed E-state index contributed by atoms with van der Waals surface area (Å²) in [5.74, 6) is 0.621. The molecule has 0 aliphatic carbocycles. The van der Waals surface area contributed by atoms with Gasteiger partial charge in [0.25, 0.3) is 0 Å². The normalized spacial score (nSPS) is 22.1. The zero-order valence-corrected chi connectivity index (χ0v) is 13.2. The van der Waals surface area contributed by atoms with Crippen molar-refractivity contribution in [3.8, 4) is 5.75 Å². The van der Waals surface area contributed by atoms with Gasteiger partial charge in [-0.3, -0.25) is 0 Å². The van der Waals surface area contributed by atoms with Crippen molar-refractivity contribution < 1.29 is 9.47 Å². The topological polar surface area (TPSA) is 30.5 Å². The van der Waals surface area contributed by atoms with Crippen molar-refractivity contribution in [2.45, 2.75) is 38.4 Å². The molecule has 1 aliphatic rings. The highest BCUT2D eigenvalue weighted by Crippen LogP contribution is 2.29. The van der Waals surface area contributed by atoms with Crippen LogP contribution in [0.4, 0.5) is 0 Å². The highest BCUT2D eigenvalue weighted by atomic mass is 35.5. The summed E-state index contributed by atoms with van der Waals surface area (Å²) in [6.45, 7) is 4.64. The van der Waals surface area contributed by atoms with Crippen LogP contribution in [0.5, 0.6) is 5.75 Å². The fourth-order valence-corrected chi connectivity index (χ4v) is 2.60. The molecule has 1 N–H and O–H groups in total. The second-order valence-corrected chi connectivity index (χ2v) is 5.89. The maximum atomic E-state index is 6.06. The molecule has 0 aromatic heterocycles. The van der Waals surface area contributed by atoms with E-state index in [0.29, 0.717) is 28.5 Å². The van der Waals surface area contributed by atoms with Crippen LogP contribution >= 0.6 is 23.2 Å². The number of hydrogen-bond acceptors (Lipinski definition) is 3. The van der Waals surface area contributed by atoms with Crippen molar-refractivity contribution in [1.82, 2.24) is 5.32 Å². The predicted molar refractivity (Wildman–Crippen MR) is 83.0 cm³/mol. The van der Waals surface area contributed by atoms with Gasteiger partial charge in [-0.2, -0.15) is 0 Å². The van der Waals surface area contributed by atoms with Crippen LogP contribution in [0.2, 0.25) is 10.0 Å². The Morgan fingerprint density at radius 2 is 2.10 bits per heavy atom. The van der Waals surface area contributed by atoms with Gasteiger partial charge in [0, 0.05) is 17.6 Å². The van der Waals surface area contributed by atoms with Gasteiger partial charge >= 0.3 is 0 Å². The van der Waals surface area contributed by atoms with Gasteiger partial charge in [0.1, 0.15) is 12.4 Å². The van der Waals surface area contributed by atoms with E-state index < -0.39 is 0 Å². The van der Waals surface area contributed by atoms with E-state index in [1.165, 1.54) is 0 Å². The lowest BCUT2D eigenvalue weighted by Crippen LogP contribution is -2.28. The summed E-state index contributed by atoms with van der Waals surface area (Å²) in [5, 5.41) is 4.58. The third-order valence-electron chi connectivity index (χ3n) is 3.31. The molecule has 1 aromatic carbocycles. The second kappa shape index (κ2) is 8.08. The maximum Gasteiger partial charge on any atom is 0.139 e. The van der Waals surface area contributed by atoms with Crippen molar-refractivity contribution in [3.63, 3.8) is 0 Å². The average molecular weight is 318 g/mol. The fourth-order valence-electron chi connectivity index (χ4n) is 2.26. The van der Waals surface area contributed by atoms with E-state index in [9.17, 15) is 0 Å². The Labute approximate surface area is 130 Å². The van der Waals surface area contributed by atoms with Crippen LogP contribution in [0.15, 0.2) is 18.2 Å². The smallest absolute Gasteiger partial charge is 0.139 e. The molecule has 1 fully saturated rings. The molecule has 20 heavy (non-hydrogen) atoms. The molecular formula is C15H21Cl2NO2. The number of nitrogens with one attached hydrogen (secondary N) is 1. The van der Waals surface area contributed by atoms with Gasteiger partial charge in [-0.1, -0.05) is 30.1 Å². The minimum absolute atomic E-state index is 0.137. The lowest BCUT2D eigenvalue weighted by molar-refractivity contribution is 0.0187. The van der Waals surface area contributed by atoms with Crippen molar-refractivity contribution in [2.75, 3.05) is 19.7 Å². The van der Waals surface area contributed by atoms with Crippen LogP contribution in [-0.2, 0) is 4.74 Å². The summed E-state index contributed by atoms with van der Waals surface area (Å²) in [4.78, 5) is 0. The summed E-state index contributed by atoms with van der Waals surface area (Å²) in [6.07, 6.45) is 3.68. The Morgan fingerprint density at radius 3 is 2.90 bits per heavy atom. The van der Waals surface area contributed by atoms with Crippen molar-refractivity contribution in [1.29, 1.82) is 0 Å². The lowest BCUT2D eigenvalue weighted by atomic mass is 10.2. The standard InChI is InChI=1S/C15H21Cl2NO2/c1-2-7-18-9-12-4-5-13(20-12)10-19-15-8-11(16)3-6-14(15)17/h3,6,8,12-13,18H,2,4-5,7,9-10H2,1H3. The molecule has 3 nitrogen and oxygen atoms in total. The molecule has 0 amide bonds. The van der Waals surface area contributed by atoms with Crippen molar-refractivity contribution >= 4 is 23.2 Å². The molecule has 0 spiro atoms. The first-order chi connectivity index (χ1) is 9.69. The number of rotatable bonds is 7. The SMILES string of the molecule is CCCNCC1CCC(COc2cc(Cl)ccc2Cl)O1. The molecule has 112 valence electrons. The Hall–Kier alpha value is -0.480. The van der Waals surface area contributed by atoms with Gasteiger partial charge in [-0.25, -0.2) is 0 Å². The monoisotopic (exact) mass is 317 g/mol. The zero-order valence-electron chi connectivity index (χ0n) is 11.7. The van der Waals surface area contributed by atoms with Crippen LogP contribution in [0.3, 0.4) is 0 Å². The van der Waals surface area contributed by atoms with E-state index in [2.05, 4.69) is 12.2 Å². The molecule has 1 aliphatic heterocycles. The maximum absolute atomic E-state index is 6.06. The van der Waals surface area contributed by atoms with Gasteiger partial charge in [0.05, 0.1) is 17.2 Å². The lowest BCUT2D eigenvalue weighted by Gasteiger charge is -2.15. The number of halogens is 2. The minimum atomic E-state index is 0.137. The first-order valence-corrected chi connectivity index (χ1v) is 7.88.